The Hall–Kier alpha value is -0.710. The maximum Gasteiger partial charge on any atom is 0.123 e. The van der Waals surface area contributed by atoms with Crippen molar-refractivity contribution in [3.8, 4) is 0 Å². The fourth-order valence-electron chi connectivity index (χ4n) is 1.93. The van der Waals surface area contributed by atoms with Gasteiger partial charge in [-0.25, -0.2) is 4.39 Å². The van der Waals surface area contributed by atoms with Gasteiger partial charge in [0.2, 0.25) is 0 Å². The Kier molecular flexibility index (Phi) is 4.92. The first-order valence-electron chi connectivity index (χ1n) is 5.91. The molecule has 96 valence electrons. The Morgan fingerprint density at radius 2 is 2.22 bits per heavy atom. The minimum Gasteiger partial charge on any atom is -0.309 e. The normalized spacial score (nSPS) is 12.6. The molecule has 0 fully saturated rings. The third-order valence-electron chi connectivity index (χ3n) is 2.77. The summed E-state index contributed by atoms with van der Waals surface area (Å²) in [5.74, 6) is -0.186. The lowest BCUT2D eigenvalue weighted by Crippen LogP contribution is -2.22. The first kappa shape index (κ1) is 13.7. The van der Waals surface area contributed by atoms with Gasteiger partial charge < -0.3 is 5.32 Å². The second-order valence-electron chi connectivity index (χ2n) is 4.07. The van der Waals surface area contributed by atoms with Crippen LogP contribution in [0.15, 0.2) is 40.2 Å². The molecule has 2 rings (SSSR count). The van der Waals surface area contributed by atoms with E-state index >= 15 is 0 Å². The highest BCUT2D eigenvalue weighted by Crippen LogP contribution is 2.27. The Bertz CT molecular complexity index is 499. The first-order chi connectivity index (χ1) is 8.70. The van der Waals surface area contributed by atoms with Crippen LogP contribution >= 0.6 is 27.3 Å². The van der Waals surface area contributed by atoms with Crippen molar-refractivity contribution in [1.82, 2.24) is 5.32 Å². The van der Waals surface area contributed by atoms with Gasteiger partial charge in [-0.15, -0.1) is 11.3 Å². The third kappa shape index (κ3) is 3.40. The van der Waals surface area contributed by atoms with Crippen LogP contribution in [-0.2, 0) is 6.42 Å². The molecule has 4 heteroatoms. The highest BCUT2D eigenvalue weighted by atomic mass is 79.9. The lowest BCUT2D eigenvalue weighted by molar-refractivity contribution is 0.553. The predicted molar refractivity (Wildman–Crippen MR) is 78.5 cm³/mol. The van der Waals surface area contributed by atoms with Crippen molar-refractivity contribution < 1.29 is 4.39 Å². The molecule has 1 heterocycles. The van der Waals surface area contributed by atoms with Gasteiger partial charge in [-0.1, -0.05) is 28.9 Å². The standard InChI is InChI=1S/C14H15BrFNS/c1-2-17-13(14-4-3-7-18-14)9-10-8-11(16)5-6-12(10)15/h3-8,13,17H,2,9H2,1H3. The molecule has 0 spiro atoms. The number of benzene rings is 1. The zero-order valence-electron chi connectivity index (χ0n) is 10.1. The molecular weight excluding hydrogens is 313 g/mol. The smallest absolute Gasteiger partial charge is 0.123 e. The van der Waals surface area contributed by atoms with E-state index in [-0.39, 0.29) is 11.9 Å². The molecule has 0 aliphatic heterocycles. The van der Waals surface area contributed by atoms with Gasteiger partial charge in [0.25, 0.3) is 0 Å². The summed E-state index contributed by atoms with van der Waals surface area (Å²) in [6, 6.07) is 9.24. The molecule has 0 saturated carbocycles. The van der Waals surface area contributed by atoms with Gasteiger partial charge in [-0.05, 0) is 48.2 Å². The molecule has 1 unspecified atom stereocenters. The van der Waals surface area contributed by atoms with Crippen molar-refractivity contribution in [2.45, 2.75) is 19.4 Å². The number of likely N-dealkylation sites (N-methyl/N-ethyl adjacent to an activating group) is 1. The number of hydrogen-bond acceptors (Lipinski definition) is 2. The first-order valence-corrected chi connectivity index (χ1v) is 7.58. The van der Waals surface area contributed by atoms with E-state index in [0.29, 0.717) is 0 Å². The summed E-state index contributed by atoms with van der Waals surface area (Å²) in [4.78, 5) is 1.29. The molecule has 2 aromatic rings. The van der Waals surface area contributed by atoms with E-state index in [2.05, 4.69) is 39.6 Å². The Balaban J connectivity index is 2.21. The molecule has 1 atom stereocenters. The van der Waals surface area contributed by atoms with Crippen LogP contribution in [0.25, 0.3) is 0 Å². The van der Waals surface area contributed by atoms with Crippen LogP contribution in [0, 0.1) is 5.82 Å². The SMILES string of the molecule is CCNC(Cc1cc(F)ccc1Br)c1cccs1. The summed E-state index contributed by atoms with van der Waals surface area (Å²) in [6.45, 7) is 2.98. The summed E-state index contributed by atoms with van der Waals surface area (Å²) in [5, 5.41) is 5.52. The van der Waals surface area contributed by atoms with Crippen LogP contribution in [0.3, 0.4) is 0 Å². The van der Waals surface area contributed by atoms with Crippen molar-refractivity contribution in [2.24, 2.45) is 0 Å². The van der Waals surface area contributed by atoms with Crippen LogP contribution in [-0.4, -0.2) is 6.54 Å². The fraction of sp³-hybridized carbons (Fsp3) is 0.286. The van der Waals surface area contributed by atoms with Crippen molar-refractivity contribution in [2.75, 3.05) is 6.54 Å². The van der Waals surface area contributed by atoms with Gasteiger partial charge in [0.15, 0.2) is 0 Å². The van der Waals surface area contributed by atoms with Crippen molar-refractivity contribution in [3.63, 3.8) is 0 Å². The Labute approximate surface area is 119 Å². The highest BCUT2D eigenvalue weighted by Gasteiger charge is 2.14. The molecule has 0 amide bonds. The van der Waals surface area contributed by atoms with Crippen LogP contribution in [0.4, 0.5) is 4.39 Å². The summed E-state index contributed by atoms with van der Waals surface area (Å²) in [7, 11) is 0. The second kappa shape index (κ2) is 6.45. The van der Waals surface area contributed by atoms with E-state index < -0.39 is 0 Å². The Morgan fingerprint density at radius 1 is 1.39 bits per heavy atom. The van der Waals surface area contributed by atoms with Gasteiger partial charge in [0.1, 0.15) is 5.82 Å². The van der Waals surface area contributed by atoms with Crippen LogP contribution < -0.4 is 5.32 Å². The Morgan fingerprint density at radius 3 is 2.89 bits per heavy atom. The van der Waals surface area contributed by atoms with Crippen LogP contribution in [0.1, 0.15) is 23.4 Å². The highest BCUT2D eigenvalue weighted by molar-refractivity contribution is 9.10. The number of halogens is 2. The van der Waals surface area contributed by atoms with Gasteiger partial charge in [0.05, 0.1) is 0 Å². The number of rotatable bonds is 5. The molecule has 1 aromatic heterocycles. The van der Waals surface area contributed by atoms with Gasteiger partial charge in [0, 0.05) is 15.4 Å². The molecule has 0 aliphatic rings. The van der Waals surface area contributed by atoms with Gasteiger partial charge in [-0.2, -0.15) is 0 Å². The van der Waals surface area contributed by atoms with E-state index in [1.807, 2.05) is 6.07 Å². The molecule has 1 aromatic carbocycles. The number of thiophene rings is 1. The maximum absolute atomic E-state index is 13.3. The van der Waals surface area contributed by atoms with Crippen molar-refractivity contribution >= 4 is 27.3 Å². The second-order valence-corrected chi connectivity index (χ2v) is 5.90. The molecule has 0 radical (unpaired) electrons. The molecule has 1 N–H and O–H groups in total. The third-order valence-corrected chi connectivity index (χ3v) is 4.53. The monoisotopic (exact) mass is 327 g/mol. The van der Waals surface area contributed by atoms with E-state index in [1.54, 1.807) is 23.5 Å². The summed E-state index contributed by atoms with van der Waals surface area (Å²) in [5.41, 5.74) is 0.995. The van der Waals surface area contributed by atoms with E-state index in [1.165, 1.54) is 10.9 Å². The molecular formula is C14H15BrFNS. The molecule has 18 heavy (non-hydrogen) atoms. The maximum atomic E-state index is 13.3. The minimum atomic E-state index is -0.186. The largest absolute Gasteiger partial charge is 0.309 e. The minimum absolute atomic E-state index is 0.186. The molecule has 0 saturated heterocycles. The lowest BCUT2D eigenvalue weighted by atomic mass is 10.0. The average Bonchev–Trinajstić information content (AvgIpc) is 2.87. The van der Waals surface area contributed by atoms with Crippen LogP contribution in [0.5, 0.6) is 0 Å². The summed E-state index contributed by atoms with van der Waals surface area (Å²) >= 11 is 5.21. The predicted octanol–water partition coefficient (Wildman–Crippen LogP) is 4.54. The summed E-state index contributed by atoms with van der Waals surface area (Å²) < 4.78 is 14.2. The zero-order valence-corrected chi connectivity index (χ0v) is 12.5. The van der Waals surface area contributed by atoms with Gasteiger partial charge >= 0.3 is 0 Å². The number of hydrogen-bond donors (Lipinski definition) is 1. The van der Waals surface area contributed by atoms with Crippen molar-refractivity contribution in [1.29, 1.82) is 0 Å². The molecule has 0 bridgehead atoms. The van der Waals surface area contributed by atoms with Crippen LogP contribution in [0.2, 0.25) is 0 Å². The van der Waals surface area contributed by atoms with E-state index in [0.717, 1.165) is 23.0 Å². The molecule has 0 aliphatic carbocycles. The molecule has 1 nitrogen and oxygen atoms in total. The van der Waals surface area contributed by atoms with Crippen molar-refractivity contribution in [3.05, 3.63) is 56.4 Å². The number of nitrogens with one attached hydrogen (secondary N) is 1. The van der Waals surface area contributed by atoms with E-state index in [9.17, 15) is 4.39 Å². The van der Waals surface area contributed by atoms with E-state index in [4.69, 9.17) is 0 Å². The topological polar surface area (TPSA) is 12.0 Å². The lowest BCUT2D eigenvalue weighted by Gasteiger charge is -2.17. The zero-order chi connectivity index (χ0) is 13.0. The quantitative estimate of drug-likeness (QED) is 0.849. The fourth-order valence-corrected chi connectivity index (χ4v) is 3.14. The average molecular weight is 328 g/mol. The van der Waals surface area contributed by atoms with Gasteiger partial charge in [-0.3, -0.25) is 0 Å². The summed E-state index contributed by atoms with van der Waals surface area (Å²) in [6.07, 6.45) is 0.784.